The predicted molar refractivity (Wildman–Crippen MR) is 93.8 cm³/mol. The van der Waals surface area contributed by atoms with E-state index >= 15 is 0 Å². The van der Waals surface area contributed by atoms with Crippen LogP contribution in [-0.4, -0.2) is 11.7 Å². The van der Waals surface area contributed by atoms with Gasteiger partial charge in [-0.25, -0.2) is 4.39 Å². The molecule has 0 spiro atoms. The molecule has 0 aliphatic heterocycles. The molecule has 0 aliphatic carbocycles. The quantitative estimate of drug-likeness (QED) is 0.724. The van der Waals surface area contributed by atoms with E-state index < -0.39 is 11.8 Å². The van der Waals surface area contributed by atoms with Crippen LogP contribution in [0.15, 0.2) is 78.9 Å². The number of hydrogen-bond acceptors (Lipinski definition) is 2. The number of halogens is 1. The highest BCUT2D eigenvalue weighted by Crippen LogP contribution is 2.26. The lowest BCUT2D eigenvalue weighted by Crippen LogP contribution is -2.22. The molecule has 3 aromatic rings. The maximum Gasteiger partial charge on any atom is 0.229 e. The van der Waals surface area contributed by atoms with Crippen LogP contribution in [0.1, 0.15) is 33.0 Å². The summed E-state index contributed by atoms with van der Waals surface area (Å²) in [6.07, 6.45) is 0. The zero-order valence-corrected chi connectivity index (χ0v) is 13.4. The molecule has 2 N–H and O–H groups in total. The van der Waals surface area contributed by atoms with E-state index in [0.717, 1.165) is 0 Å². The standard InChI is InChI=1S/C21H16FNO2/c22-18-11-9-14(10-12-18)19(21(23)25)16-7-4-8-17(13-16)20(24)15-5-2-1-3-6-15/h1-13,19H,(H2,23,25). The van der Waals surface area contributed by atoms with Gasteiger partial charge in [-0.15, -0.1) is 0 Å². The lowest BCUT2D eigenvalue weighted by atomic mass is 9.89. The second-order valence-electron chi connectivity index (χ2n) is 5.71. The van der Waals surface area contributed by atoms with Gasteiger partial charge in [0.05, 0.1) is 5.92 Å². The minimum atomic E-state index is -0.746. The van der Waals surface area contributed by atoms with Crippen molar-refractivity contribution >= 4 is 11.7 Å². The molecule has 1 amide bonds. The minimum Gasteiger partial charge on any atom is -0.369 e. The number of benzene rings is 3. The average Bonchev–Trinajstić information content (AvgIpc) is 2.64. The number of nitrogens with two attached hydrogens (primary N) is 1. The van der Waals surface area contributed by atoms with E-state index in [9.17, 15) is 14.0 Å². The van der Waals surface area contributed by atoms with Crippen LogP contribution in [-0.2, 0) is 4.79 Å². The van der Waals surface area contributed by atoms with Crippen molar-refractivity contribution in [3.05, 3.63) is 107 Å². The fourth-order valence-corrected chi connectivity index (χ4v) is 2.79. The van der Waals surface area contributed by atoms with Crippen molar-refractivity contribution in [3.8, 4) is 0 Å². The molecule has 0 fully saturated rings. The molecule has 0 saturated carbocycles. The summed E-state index contributed by atoms with van der Waals surface area (Å²) in [6, 6.07) is 21.3. The molecule has 3 aromatic carbocycles. The molecule has 0 heterocycles. The number of carbonyl (C=O) groups excluding carboxylic acids is 2. The Balaban J connectivity index is 2.00. The smallest absolute Gasteiger partial charge is 0.229 e. The maximum absolute atomic E-state index is 13.2. The molecule has 3 rings (SSSR count). The summed E-state index contributed by atoms with van der Waals surface area (Å²) in [5.41, 5.74) is 7.77. The van der Waals surface area contributed by atoms with Gasteiger partial charge in [0, 0.05) is 11.1 Å². The minimum absolute atomic E-state index is 0.134. The molecular weight excluding hydrogens is 317 g/mol. The molecule has 124 valence electrons. The van der Waals surface area contributed by atoms with E-state index in [-0.39, 0.29) is 11.6 Å². The molecule has 4 heteroatoms. The van der Waals surface area contributed by atoms with Crippen molar-refractivity contribution in [2.45, 2.75) is 5.92 Å². The van der Waals surface area contributed by atoms with Crippen molar-refractivity contribution in [3.63, 3.8) is 0 Å². The molecule has 0 bridgehead atoms. The van der Waals surface area contributed by atoms with E-state index in [0.29, 0.717) is 22.3 Å². The van der Waals surface area contributed by atoms with Gasteiger partial charge >= 0.3 is 0 Å². The van der Waals surface area contributed by atoms with Gasteiger partial charge in [0.15, 0.2) is 5.78 Å². The zero-order valence-electron chi connectivity index (χ0n) is 13.4. The highest BCUT2D eigenvalue weighted by Gasteiger charge is 2.21. The van der Waals surface area contributed by atoms with E-state index in [1.807, 2.05) is 6.07 Å². The van der Waals surface area contributed by atoms with Crippen LogP contribution in [0.3, 0.4) is 0 Å². The Kier molecular flexibility index (Phi) is 4.70. The van der Waals surface area contributed by atoms with Crippen LogP contribution in [0.25, 0.3) is 0 Å². The third kappa shape index (κ3) is 3.63. The molecule has 0 aliphatic rings. The molecule has 25 heavy (non-hydrogen) atoms. The highest BCUT2D eigenvalue weighted by molar-refractivity contribution is 6.09. The Hall–Kier alpha value is -3.27. The summed E-state index contributed by atoms with van der Waals surface area (Å²) >= 11 is 0. The van der Waals surface area contributed by atoms with Crippen molar-refractivity contribution in [2.75, 3.05) is 0 Å². The van der Waals surface area contributed by atoms with Gasteiger partial charge in [0.25, 0.3) is 0 Å². The van der Waals surface area contributed by atoms with Gasteiger partial charge in [-0.3, -0.25) is 9.59 Å². The summed E-state index contributed by atoms with van der Waals surface area (Å²) < 4.78 is 13.2. The number of primary amides is 1. The van der Waals surface area contributed by atoms with E-state index in [1.165, 1.54) is 24.3 Å². The van der Waals surface area contributed by atoms with Gasteiger partial charge in [-0.05, 0) is 29.3 Å². The first-order valence-electron chi connectivity index (χ1n) is 7.81. The zero-order chi connectivity index (χ0) is 17.8. The van der Waals surface area contributed by atoms with Crippen molar-refractivity contribution in [2.24, 2.45) is 5.73 Å². The van der Waals surface area contributed by atoms with E-state index in [4.69, 9.17) is 5.73 Å². The van der Waals surface area contributed by atoms with Crippen LogP contribution >= 0.6 is 0 Å². The van der Waals surface area contributed by atoms with Gasteiger partial charge in [0.1, 0.15) is 5.82 Å². The van der Waals surface area contributed by atoms with Crippen LogP contribution in [0.2, 0.25) is 0 Å². The van der Waals surface area contributed by atoms with Crippen LogP contribution < -0.4 is 5.73 Å². The monoisotopic (exact) mass is 333 g/mol. The molecular formula is C21H16FNO2. The first-order chi connectivity index (χ1) is 12.1. The normalized spacial score (nSPS) is 11.7. The Morgan fingerprint density at radius 1 is 0.760 bits per heavy atom. The predicted octanol–water partition coefficient (Wildman–Crippen LogP) is 3.67. The van der Waals surface area contributed by atoms with Crippen molar-refractivity contribution in [1.82, 2.24) is 0 Å². The second kappa shape index (κ2) is 7.09. The van der Waals surface area contributed by atoms with Crippen LogP contribution in [0.5, 0.6) is 0 Å². The molecule has 0 saturated heterocycles. The summed E-state index contributed by atoms with van der Waals surface area (Å²) in [4.78, 5) is 24.6. The molecule has 3 nitrogen and oxygen atoms in total. The van der Waals surface area contributed by atoms with Gasteiger partial charge < -0.3 is 5.73 Å². The Bertz CT molecular complexity index is 905. The summed E-state index contributed by atoms with van der Waals surface area (Å²) in [7, 11) is 0. The number of amides is 1. The summed E-state index contributed by atoms with van der Waals surface area (Å²) in [5, 5.41) is 0. The maximum atomic E-state index is 13.2. The Labute approximate surface area is 144 Å². The van der Waals surface area contributed by atoms with Crippen LogP contribution in [0, 0.1) is 5.82 Å². The SMILES string of the molecule is NC(=O)C(c1ccc(F)cc1)c1cccc(C(=O)c2ccccc2)c1. The number of carbonyl (C=O) groups is 2. The molecule has 1 atom stereocenters. The van der Waals surface area contributed by atoms with Gasteiger partial charge in [-0.2, -0.15) is 0 Å². The second-order valence-corrected chi connectivity index (χ2v) is 5.71. The summed E-state index contributed by atoms with van der Waals surface area (Å²) in [5.74, 6) is -1.83. The van der Waals surface area contributed by atoms with Crippen LogP contribution in [0.4, 0.5) is 4.39 Å². The number of hydrogen-bond donors (Lipinski definition) is 1. The average molecular weight is 333 g/mol. The third-order valence-electron chi connectivity index (χ3n) is 4.01. The largest absolute Gasteiger partial charge is 0.369 e. The van der Waals surface area contributed by atoms with Crippen molar-refractivity contribution < 1.29 is 14.0 Å². The van der Waals surface area contributed by atoms with E-state index in [2.05, 4.69) is 0 Å². The lowest BCUT2D eigenvalue weighted by Gasteiger charge is -2.15. The Morgan fingerprint density at radius 2 is 1.40 bits per heavy atom. The van der Waals surface area contributed by atoms with Gasteiger partial charge in [0.2, 0.25) is 5.91 Å². The third-order valence-corrected chi connectivity index (χ3v) is 4.01. The first-order valence-corrected chi connectivity index (χ1v) is 7.81. The summed E-state index contributed by atoms with van der Waals surface area (Å²) in [6.45, 7) is 0. The fourth-order valence-electron chi connectivity index (χ4n) is 2.79. The molecule has 0 aromatic heterocycles. The fraction of sp³-hybridized carbons (Fsp3) is 0.0476. The molecule has 1 unspecified atom stereocenters. The van der Waals surface area contributed by atoms with Crippen molar-refractivity contribution in [1.29, 1.82) is 0 Å². The lowest BCUT2D eigenvalue weighted by molar-refractivity contribution is -0.118. The Morgan fingerprint density at radius 3 is 2.04 bits per heavy atom. The van der Waals surface area contributed by atoms with E-state index in [1.54, 1.807) is 48.5 Å². The first kappa shape index (κ1) is 16.6. The highest BCUT2D eigenvalue weighted by atomic mass is 19.1. The topological polar surface area (TPSA) is 60.2 Å². The van der Waals surface area contributed by atoms with Gasteiger partial charge in [-0.1, -0.05) is 60.7 Å². The number of rotatable bonds is 5. The molecule has 0 radical (unpaired) electrons. The number of ketones is 1.